The summed E-state index contributed by atoms with van der Waals surface area (Å²) >= 11 is 5.86. The van der Waals surface area contributed by atoms with Crippen LogP contribution in [0.25, 0.3) is 0 Å². The van der Waals surface area contributed by atoms with Crippen LogP contribution in [0, 0.1) is 0 Å². The summed E-state index contributed by atoms with van der Waals surface area (Å²) in [4.78, 5) is 13.0. The third kappa shape index (κ3) is 4.40. The lowest BCUT2D eigenvalue weighted by Crippen LogP contribution is -2.57. The fraction of sp³-hybridized carbons (Fsp3) is 0.562. The Hall–Kier alpha value is -1.31. The Morgan fingerprint density at radius 1 is 1.25 bits per heavy atom. The van der Waals surface area contributed by atoms with Crippen molar-refractivity contribution in [2.45, 2.75) is 31.9 Å². The molecule has 2 rings (SSSR count). The van der Waals surface area contributed by atoms with E-state index in [0.29, 0.717) is 17.2 Å². The zero-order valence-electron chi connectivity index (χ0n) is 14.3. The summed E-state index contributed by atoms with van der Waals surface area (Å²) in [5, 5.41) is 3.69. The lowest BCUT2D eigenvalue weighted by molar-refractivity contribution is -0.164. The molecule has 1 aliphatic heterocycles. The molecule has 1 aromatic rings. The summed E-state index contributed by atoms with van der Waals surface area (Å²) in [6, 6.07) is 6.38. The molecule has 1 fully saturated rings. The molecule has 0 N–H and O–H groups in total. The summed E-state index contributed by atoms with van der Waals surface area (Å²) in [5.41, 5.74) is -1.15. The molecule has 1 heterocycles. The van der Waals surface area contributed by atoms with E-state index in [9.17, 15) is 13.2 Å². The van der Waals surface area contributed by atoms with Crippen LogP contribution >= 0.6 is 11.6 Å². The Morgan fingerprint density at radius 2 is 1.83 bits per heavy atom. The van der Waals surface area contributed by atoms with Crippen LogP contribution < -0.4 is 4.74 Å². The number of carbonyl (C=O) groups is 1. The van der Waals surface area contributed by atoms with Crippen molar-refractivity contribution >= 4 is 27.3 Å². The highest BCUT2D eigenvalue weighted by atomic mass is 35.5. The quantitative estimate of drug-likeness (QED) is 0.737. The first-order valence-electron chi connectivity index (χ1n) is 7.68. The van der Waals surface area contributed by atoms with E-state index in [4.69, 9.17) is 16.3 Å². The fourth-order valence-corrected chi connectivity index (χ4v) is 4.58. The van der Waals surface area contributed by atoms with Crippen molar-refractivity contribution in [1.29, 1.82) is 0 Å². The molecule has 134 valence electrons. The molecule has 1 saturated heterocycles. The van der Waals surface area contributed by atoms with Crippen molar-refractivity contribution in [3.05, 3.63) is 29.3 Å². The van der Waals surface area contributed by atoms with Crippen molar-refractivity contribution in [3.8, 4) is 5.75 Å². The number of halogens is 1. The first kappa shape index (κ1) is 19.0. The van der Waals surface area contributed by atoms with E-state index < -0.39 is 15.4 Å². The van der Waals surface area contributed by atoms with Gasteiger partial charge in [-0.25, -0.2) is 13.4 Å². The van der Waals surface area contributed by atoms with Crippen molar-refractivity contribution in [2.75, 3.05) is 25.6 Å². The maximum absolute atomic E-state index is 13.0. The van der Waals surface area contributed by atoms with Crippen LogP contribution in [-0.2, 0) is 14.6 Å². The average Bonchev–Trinajstić information content (AvgIpc) is 2.81. The van der Waals surface area contributed by atoms with E-state index in [0.717, 1.165) is 0 Å². The third-order valence-electron chi connectivity index (χ3n) is 3.89. The normalized spacial score (nSPS) is 20.2. The molecule has 24 heavy (non-hydrogen) atoms. The van der Waals surface area contributed by atoms with Crippen molar-refractivity contribution in [3.63, 3.8) is 0 Å². The fourth-order valence-electron chi connectivity index (χ4n) is 2.76. The van der Waals surface area contributed by atoms with Crippen LogP contribution in [0.2, 0.25) is 5.02 Å². The van der Waals surface area contributed by atoms with Gasteiger partial charge in [0, 0.05) is 19.1 Å². The number of rotatable bonds is 5. The van der Waals surface area contributed by atoms with Gasteiger partial charge in [0.2, 0.25) is 0 Å². The summed E-state index contributed by atoms with van der Waals surface area (Å²) in [7, 11) is 0.354. The van der Waals surface area contributed by atoms with Gasteiger partial charge in [-0.1, -0.05) is 11.6 Å². The molecule has 1 aliphatic rings. The van der Waals surface area contributed by atoms with E-state index in [1.165, 1.54) is 5.01 Å². The van der Waals surface area contributed by atoms with E-state index in [1.54, 1.807) is 57.2 Å². The summed E-state index contributed by atoms with van der Waals surface area (Å²) in [5.74, 6) is 0.321. The first-order chi connectivity index (χ1) is 11.0. The van der Waals surface area contributed by atoms with Gasteiger partial charge >= 0.3 is 0 Å². The lowest BCUT2D eigenvalue weighted by Gasteiger charge is -2.39. The van der Waals surface area contributed by atoms with Crippen molar-refractivity contribution in [2.24, 2.45) is 0 Å². The number of sulfone groups is 1. The second-order valence-corrected chi connectivity index (χ2v) is 9.29. The number of carbonyl (C=O) groups excluding carboxylic acids is 1. The smallest absolute Gasteiger partial charge is 0.280 e. The van der Waals surface area contributed by atoms with Gasteiger partial charge in [0.15, 0.2) is 15.4 Å². The first-order valence-corrected chi connectivity index (χ1v) is 9.88. The van der Waals surface area contributed by atoms with E-state index in [1.807, 2.05) is 0 Å². The molecule has 1 amide bonds. The second-order valence-electron chi connectivity index (χ2n) is 6.62. The summed E-state index contributed by atoms with van der Waals surface area (Å²) in [6.07, 6.45) is 0.434. The van der Waals surface area contributed by atoms with Gasteiger partial charge in [0.1, 0.15) is 5.75 Å². The standard InChI is InChI=1S/C16H23ClN2O4S/c1-16(2,23-14-7-5-12(17)6-8-14)15(20)19(18(3)4)13-9-10-24(21,22)11-13/h5-8,13H,9-11H2,1-4H3/t13-/m0/s1. The Labute approximate surface area is 148 Å². The number of amides is 1. The Kier molecular flexibility index (Phi) is 5.47. The van der Waals surface area contributed by atoms with Gasteiger partial charge < -0.3 is 4.74 Å². The SMILES string of the molecule is CN(C)N(C(=O)C(C)(C)Oc1ccc(Cl)cc1)[C@H]1CCS(=O)(=O)C1. The molecular formula is C16H23ClN2O4S. The number of hydrogen-bond donors (Lipinski definition) is 0. The van der Waals surface area contributed by atoms with Crippen molar-refractivity contribution < 1.29 is 17.9 Å². The minimum Gasteiger partial charge on any atom is -0.478 e. The van der Waals surface area contributed by atoms with Gasteiger partial charge in [0.05, 0.1) is 17.5 Å². The molecule has 1 aromatic carbocycles. The molecule has 0 unspecified atom stereocenters. The largest absolute Gasteiger partial charge is 0.478 e. The molecule has 0 aliphatic carbocycles. The molecule has 8 heteroatoms. The van der Waals surface area contributed by atoms with E-state index >= 15 is 0 Å². The molecule has 6 nitrogen and oxygen atoms in total. The van der Waals surface area contributed by atoms with Gasteiger partial charge in [-0.15, -0.1) is 0 Å². The van der Waals surface area contributed by atoms with E-state index in [-0.39, 0.29) is 23.5 Å². The Morgan fingerprint density at radius 3 is 2.29 bits per heavy atom. The molecule has 0 aromatic heterocycles. The summed E-state index contributed by atoms with van der Waals surface area (Å²) in [6.45, 7) is 3.34. The van der Waals surface area contributed by atoms with E-state index in [2.05, 4.69) is 0 Å². The highest BCUT2D eigenvalue weighted by molar-refractivity contribution is 7.91. The zero-order chi connectivity index (χ0) is 18.1. The topological polar surface area (TPSA) is 66.9 Å². The second kappa shape index (κ2) is 6.90. The molecule has 0 radical (unpaired) electrons. The molecule has 0 spiro atoms. The van der Waals surface area contributed by atoms with Crippen LogP contribution in [-0.4, -0.2) is 61.6 Å². The lowest BCUT2D eigenvalue weighted by atomic mass is 10.1. The number of hydrogen-bond acceptors (Lipinski definition) is 5. The highest BCUT2D eigenvalue weighted by Gasteiger charge is 2.42. The Balaban J connectivity index is 2.20. The van der Waals surface area contributed by atoms with Crippen LogP contribution in [0.5, 0.6) is 5.75 Å². The molecule has 1 atom stereocenters. The van der Waals surface area contributed by atoms with Crippen LogP contribution in [0.15, 0.2) is 24.3 Å². The average molecular weight is 375 g/mol. The minimum atomic E-state index is -3.09. The zero-order valence-corrected chi connectivity index (χ0v) is 15.9. The number of hydrazine groups is 1. The van der Waals surface area contributed by atoms with Crippen LogP contribution in [0.3, 0.4) is 0 Å². The predicted octanol–water partition coefficient (Wildman–Crippen LogP) is 1.99. The van der Waals surface area contributed by atoms with Crippen LogP contribution in [0.1, 0.15) is 20.3 Å². The van der Waals surface area contributed by atoms with Gasteiger partial charge in [0.25, 0.3) is 5.91 Å². The van der Waals surface area contributed by atoms with Crippen molar-refractivity contribution in [1.82, 2.24) is 10.0 Å². The Bertz CT molecular complexity index is 701. The number of ether oxygens (including phenoxy) is 1. The highest BCUT2D eigenvalue weighted by Crippen LogP contribution is 2.26. The number of benzene rings is 1. The predicted molar refractivity (Wildman–Crippen MR) is 93.8 cm³/mol. The summed E-state index contributed by atoms with van der Waals surface area (Å²) < 4.78 is 29.4. The van der Waals surface area contributed by atoms with Gasteiger partial charge in [-0.3, -0.25) is 9.80 Å². The number of nitrogens with zero attached hydrogens (tertiary/aromatic N) is 2. The molecule has 0 saturated carbocycles. The maximum atomic E-state index is 13.0. The maximum Gasteiger partial charge on any atom is 0.280 e. The third-order valence-corrected chi connectivity index (χ3v) is 5.90. The van der Waals surface area contributed by atoms with Gasteiger partial charge in [-0.2, -0.15) is 0 Å². The molecule has 0 bridgehead atoms. The van der Waals surface area contributed by atoms with Gasteiger partial charge in [-0.05, 0) is 44.5 Å². The van der Waals surface area contributed by atoms with Crippen LogP contribution in [0.4, 0.5) is 0 Å². The molecular weight excluding hydrogens is 352 g/mol. The monoisotopic (exact) mass is 374 g/mol. The minimum absolute atomic E-state index is 0.0199.